The number of aliphatic hydroxyl groups excluding tert-OH is 1. The van der Waals surface area contributed by atoms with Crippen LogP contribution in [-0.4, -0.2) is 31.2 Å². The van der Waals surface area contributed by atoms with Crippen LogP contribution in [0.5, 0.6) is 0 Å². The molecule has 18 heavy (non-hydrogen) atoms. The van der Waals surface area contributed by atoms with E-state index in [1.54, 1.807) is 13.8 Å². The standard InChI is InChI=1S/C10H14BrClN2O3S/c1-6(2)8(15)5-14-18(16,17)9-3-7(11)4-13-10(9)12/h3-4,6,8,14-15H,5H2,1-2H3. The normalized spacial score (nSPS) is 13.9. The summed E-state index contributed by atoms with van der Waals surface area (Å²) in [5.74, 6) is -0.0381. The topological polar surface area (TPSA) is 79.3 Å². The van der Waals surface area contributed by atoms with Gasteiger partial charge in [0.25, 0.3) is 0 Å². The number of aliphatic hydroxyl groups is 1. The first kappa shape index (κ1) is 15.8. The van der Waals surface area contributed by atoms with Gasteiger partial charge in [0.2, 0.25) is 10.0 Å². The predicted octanol–water partition coefficient (Wildman–Crippen LogP) is 1.79. The van der Waals surface area contributed by atoms with Crippen LogP contribution in [0.2, 0.25) is 5.15 Å². The average molecular weight is 358 g/mol. The molecule has 2 N–H and O–H groups in total. The number of nitrogens with one attached hydrogen (secondary N) is 1. The van der Waals surface area contributed by atoms with Crippen molar-refractivity contribution in [2.24, 2.45) is 5.92 Å². The summed E-state index contributed by atoms with van der Waals surface area (Å²) in [5, 5.41) is 9.47. The predicted molar refractivity (Wildman–Crippen MR) is 73.0 cm³/mol. The van der Waals surface area contributed by atoms with Crippen molar-refractivity contribution in [3.05, 3.63) is 21.9 Å². The third-order valence-corrected chi connectivity index (χ3v) is 4.60. The summed E-state index contributed by atoms with van der Waals surface area (Å²) in [5.41, 5.74) is 0. The summed E-state index contributed by atoms with van der Waals surface area (Å²) in [6, 6.07) is 1.36. The van der Waals surface area contributed by atoms with Crippen LogP contribution in [0.4, 0.5) is 0 Å². The van der Waals surface area contributed by atoms with Gasteiger partial charge in [0.15, 0.2) is 0 Å². The number of hydrogen-bond donors (Lipinski definition) is 2. The SMILES string of the molecule is CC(C)C(O)CNS(=O)(=O)c1cc(Br)cnc1Cl. The highest BCUT2D eigenvalue weighted by molar-refractivity contribution is 9.10. The first-order chi connectivity index (χ1) is 8.24. The summed E-state index contributed by atoms with van der Waals surface area (Å²) in [7, 11) is -3.78. The van der Waals surface area contributed by atoms with Gasteiger partial charge < -0.3 is 5.11 Å². The van der Waals surface area contributed by atoms with Crippen molar-refractivity contribution in [2.75, 3.05) is 6.54 Å². The largest absolute Gasteiger partial charge is 0.391 e. The van der Waals surface area contributed by atoms with Gasteiger partial charge in [-0.25, -0.2) is 18.1 Å². The molecule has 0 aromatic carbocycles. The minimum atomic E-state index is -3.78. The fourth-order valence-electron chi connectivity index (χ4n) is 1.10. The van der Waals surface area contributed by atoms with E-state index in [-0.39, 0.29) is 22.5 Å². The second-order valence-corrected chi connectivity index (χ2v) is 7.11. The summed E-state index contributed by atoms with van der Waals surface area (Å²) >= 11 is 8.87. The summed E-state index contributed by atoms with van der Waals surface area (Å²) in [6.45, 7) is 3.53. The molecule has 0 aliphatic rings. The molecule has 0 bridgehead atoms. The summed E-state index contributed by atoms with van der Waals surface area (Å²) in [6.07, 6.45) is 0.656. The quantitative estimate of drug-likeness (QED) is 0.788. The molecule has 0 saturated carbocycles. The van der Waals surface area contributed by atoms with Gasteiger partial charge in [-0.2, -0.15) is 0 Å². The van der Waals surface area contributed by atoms with Crippen molar-refractivity contribution in [1.29, 1.82) is 0 Å². The number of sulfonamides is 1. The third kappa shape index (κ3) is 4.17. The fourth-order valence-corrected chi connectivity index (χ4v) is 3.09. The maximum atomic E-state index is 12.0. The van der Waals surface area contributed by atoms with Crippen LogP contribution in [0.1, 0.15) is 13.8 Å². The minimum Gasteiger partial charge on any atom is -0.391 e. The van der Waals surface area contributed by atoms with E-state index in [0.717, 1.165) is 0 Å². The Bertz CT molecular complexity index is 522. The molecule has 1 rings (SSSR count). The lowest BCUT2D eigenvalue weighted by Crippen LogP contribution is -2.34. The van der Waals surface area contributed by atoms with Crippen LogP contribution in [0.3, 0.4) is 0 Å². The number of halogens is 2. The zero-order valence-electron chi connectivity index (χ0n) is 9.89. The average Bonchev–Trinajstić information content (AvgIpc) is 2.29. The Labute approximate surface area is 120 Å². The molecule has 102 valence electrons. The third-order valence-electron chi connectivity index (χ3n) is 2.32. The molecule has 0 aliphatic carbocycles. The summed E-state index contributed by atoms with van der Waals surface area (Å²) in [4.78, 5) is 3.63. The zero-order valence-corrected chi connectivity index (χ0v) is 13.1. The Kier molecular flexibility index (Phi) is 5.54. The molecule has 1 aromatic rings. The van der Waals surface area contributed by atoms with Gasteiger partial charge in [0.05, 0.1) is 6.10 Å². The first-order valence-corrected chi connectivity index (χ1v) is 7.88. The van der Waals surface area contributed by atoms with Crippen LogP contribution >= 0.6 is 27.5 Å². The van der Waals surface area contributed by atoms with E-state index in [9.17, 15) is 13.5 Å². The zero-order chi connectivity index (χ0) is 13.9. The Balaban J connectivity index is 2.90. The van der Waals surface area contributed by atoms with Crippen LogP contribution in [0.25, 0.3) is 0 Å². The fraction of sp³-hybridized carbons (Fsp3) is 0.500. The van der Waals surface area contributed by atoms with Gasteiger partial charge in [-0.15, -0.1) is 0 Å². The van der Waals surface area contributed by atoms with Crippen molar-refractivity contribution in [3.63, 3.8) is 0 Å². The highest BCUT2D eigenvalue weighted by atomic mass is 79.9. The Hall–Kier alpha value is -0.210. The van der Waals surface area contributed by atoms with Crippen molar-refractivity contribution in [2.45, 2.75) is 24.8 Å². The molecule has 0 aliphatic heterocycles. The highest BCUT2D eigenvalue weighted by Crippen LogP contribution is 2.22. The van der Waals surface area contributed by atoms with Crippen molar-refractivity contribution < 1.29 is 13.5 Å². The molecule has 5 nitrogen and oxygen atoms in total. The van der Waals surface area contributed by atoms with Crippen molar-refractivity contribution in [1.82, 2.24) is 9.71 Å². The molecule has 1 atom stereocenters. The van der Waals surface area contributed by atoms with E-state index >= 15 is 0 Å². The number of hydrogen-bond acceptors (Lipinski definition) is 4. The number of rotatable bonds is 5. The van der Waals surface area contributed by atoms with E-state index in [1.165, 1.54) is 12.3 Å². The maximum absolute atomic E-state index is 12.0. The maximum Gasteiger partial charge on any atom is 0.243 e. The lowest BCUT2D eigenvalue weighted by Gasteiger charge is -2.15. The molecule has 1 unspecified atom stereocenters. The van der Waals surface area contributed by atoms with E-state index in [4.69, 9.17) is 11.6 Å². The molecular weight excluding hydrogens is 344 g/mol. The van der Waals surface area contributed by atoms with Crippen LogP contribution in [0.15, 0.2) is 21.6 Å². The number of nitrogens with zero attached hydrogens (tertiary/aromatic N) is 1. The van der Waals surface area contributed by atoms with Crippen LogP contribution in [0, 0.1) is 5.92 Å². The summed E-state index contributed by atoms with van der Waals surface area (Å²) < 4.78 is 26.7. The van der Waals surface area contributed by atoms with E-state index in [2.05, 4.69) is 25.6 Å². The first-order valence-electron chi connectivity index (χ1n) is 5.23. The smallest absolute Gasteiger partial charge is 0.243 e. The molecule has 8 heteroatoms. The van der Waals surface area contributed by atoms with Gasteiger partial charge in [0.1, 0.15) is 10.0 Å². The number of aromatic nitrogens is 1. The van der Waals surface area contributed by atoms with Gasteiger partial charge in [-0.1, -0.05) is 25.4 Å². The lowest BCUT2D eigenvalue weighted by molar-refractivity contribution is 0.129. The molecule has 0 saturated heterocycles. The molecule has 1 heterocycles. The van der Waals surface area contributed by atoms with Gasteiger partial charge in [-0.3, -0.25) is 0 Å². The van der Waals surface area contributed by atoms with Crippen molar-refractivity contribution in [3.8, 4) is 0 Å². The number of pyridine rings is 1. The second kappa shape index (κ2) is 6.29. The Morgan fingerprint density at radius 2 is 2.17 bits per heavy atom. The monoisotopic (exact) mass is 356 g/mol. The molecule has 0 fully saturated rings. The molecule has 0 amide bonds. The van der Waals surface area contributed by atoms with Crippen LogP contribution < -0.4 is 4.72 Å². The lowest BCUT2D eigenvalue weighted by atomic mass is 10.1. The molecule has 0 spiro atoms. The Morgan fingerprint density at radius 3 is 2.72 bits per heavy atom. The molecule has 0 radical (unpaired) electrons. The highest BCUT2D eigenvalue weighted by Gasteiger charge is 2.21. The Morgan fingerprint density at radius 1 is 1.56 bits per heavy atom. The molecule has 1 aromatic heterocycles. The molecular formula is C10H14BrClN2O3S. The van der Waals surface area contributed by atoms with Crippen LogP contribution in [-0.2, 0) is 10.0 Å². The van der Waals surface area contributed by atoms with E-state index in [1.807, 2.05) is 0 Å². The van der Waals surface area contributed by atoms with Gasteiger partial charge in [0, 0.05) is 17.2 Å². The second-order valence-electron chi connectivity index (χ2n) is 4.11. The minimum absolute atomic E-state index is 0.0381. The van der Waals surface area contributed by atoms with Gasteiger partial charge in [-0.05, 0) is 27.9 Å². The van der Waals surface area contributed by atoms with Crippen molar-refractivity contribution >= 4 is 37.6 Å². The van der Waals surface area contributed by atoms with E-state index in [0.29, 0.717) is 4.47 Å². The van der Waals surface area contributed by atoms with Gasteiger partial charge >= 0.3 is 0 Å². The van der Waals surface area contributed by atoms with E-state index < -0.39 is 16.1 Å².